The van der Waals surface area contributed by atoms with Crippen molar-refractivity contribution in [3.05, 3.63) is 28.3 Å². The summed E-state index contributed by atoms with van der Waals surface area (Å²) in [5, 5.41) is 11.9. The van der Waals surface area contributed by atoms with E-state index in [1.165, 1.54) is 12.0 Å². The molecule has 0 saturated carbocycles. The highest BCUT2D eigenvalue weighted by Gasteiger charge is 2.48. The molecule has 108 valence electrons. The van der Waals surface area contributed by atoms with Gasteiger partial charge in [0.15, 0.2) is 0 Å². The Morgan fingerprint density at radius 3 is 3.20 bits per heavy atom. The third kappa shape index (κ3) is 1.95. The molecule has 1 aromatic carbocycles. The molecule has 0 bridgehead atoms. The summed E-state index contributed by atoms with van der Waals surface area (Å²) in [5.74, 6) is 0.972. The summed E-state index contributed by atoms with van der Waals surface area (Å²) >= 11 is 6.22. The second-order valence-corrected chi connectivity index (χ2v) is 6.81. The van der Waals surface area contributed by atoms with Crippen molar-refractivity contribution in [2.24, 2.45) is 0 Å². The monoisotopic (exact) mass is 293 g/mol. The minimum absolute atomic E-state index is 0.318. The van der Waals surface area contributed by atoms with Crippen LogP contribution in [0.3, 0.4) is 0 Å². The SMILES string of the molecule is OC1(Cc2cc(Cl)cc3c2OCC3)CCN2CCCC21. The van der Waals surface area contributed by atoms with Gasteiger partial charge in [0.05, 0.1) is 12.2 Å². The Labute approximate surface area is 124 Å². The van der Waals surface area contributed by atoms with E-state index in [1.54, 1.807) is 0 Å². The van der Waals surface area contributed by atoms with Crippen LogP contribution < -0.4 is 4.74 Å². The van der Waals surface area contributed by atoms with Gasteiger partial charge in [0.25, 0.3) is 0 Å². The normalized spacial score (nSPS) is 32.2. The number of hydrogen-bond donors (Lipinski definition) is 1. The molecule has 2 atom stereocenters. The lowest BCUT2D eigenvalue weighted by Crippen LogP contribution is -2.43. The number of hydrogen-bond acceptors (Lipinski definition) is 3. The van der Waals surface area contributed by atoms with Crippen LogP contribution in [0.2, 0.25) is 5.02 Å². The zero-order chi connectivity index (χ0) is 13.7. The van der Waals surface area contributed by atoms with Gasteiger partial charge in [-0.3, -0.25) is 4.90 Å². The van der Waals surface area contributed by atoms with Gasteiger partial charge in [0.2, 0.25) is 0 Å². The molecule has 3 heterocycles. The van der Waals surface area contributed by atoms with Crippen LogP contribution in [0, 0.1) is 0 Å². The number of benzene rings is 1. The van der Waals surface area contributed by atoms with Gasteiger partial charge in [0.1, 0.15) is 5.75 Å². The molecule has 20 heavy (non-hydrogen) atoms. The Morgan fingerprint density at radius 1 is 1.40 bits per heavy atom. The van der Waals surface area contributed by atoms with Gasteiger partial charge < -0.3 is 9.84 Å². The van der Waals surface area contributed by atoms with E-state index in [-0.39, 0.29) is 0 Å². The second kappa shape index (κ2) is 4.62. The molecule has 0 aliphatic carbocycles. The minimum atomic E-state index is -0.610. The summed E-state index contributed by atoms with van der Waals surface area (Å²) < 4.78 is 5.77. The predicted molar refractivity (Wildman–Crippen MR) is 78.5 cm³/mol. The van der Waals surface area contributed by atoms with Gasteiger partial charge in [-0.25, -0.2) is 0 Å². The highest BCUT2D eigenvalue weighted by Crippen LogP contribution is 2.41. The van der Waals surface area contributed by atoms with E-state index in [4.69, 9.17) is 16.3 Å². The molecule has 2 saturated heterocycles. The molecule has 0 aromatic heterocycles. The Kier molecular flexibility index (Phi) is 2.99. The maximum absolute atomic E-state index is 11.1. The molecule has 4 heteroatoms. The largest absolute Gasteiger partial charge is 0.493 e. The maximum Gasteiger partial charge on any atom is 0.126 e. The summed E-state index contributed by atoms with van der Waals surface area (Å²) in [4.78, 5) is 2.44. The number of ether oxygens (including phenoxy) is 1. The van der Waals surface area contributed by atoms with Crippen LogP contribution in [0.1, 0.15) is 30.4 Å². The van der Waals surface area contributed by atoms with Gasteiger partial charge >= 0.3 is 0 Å². The average Bonchev–Trinajstić information content (AvgIpc) is 3.08. The molecule has 3 nitrogen and oxygen atoms in total. The van der Waals surface area contributed by atoms with Crippen LogP contribution in [0.5, 0.6) is 5.75 Å². The van der Waals surface area contributed by atoms with Crippen molar-refractivity contribution in [2.75, 3.05) is 19.7 Å². The fraction of sp³-hybridized carbons (Fsp3) is 0.625. The molecule has 0 radical (unpaired) electrons. The fourth-order valence-electron chi connectivity index (χ4n) is 4.22. The first-order valence-electron chi connectivity index (χ1n) is 7.56. The van der Waals surface area contributed by atoms with Crippen LogP contribution in [0.25, 0.3) is 0 Å². The Balaban J connectivity index is 1.66. The van der Waals surface area contributed by atoms with Crippen molar-refractivity contribution in [2.45, 2.75) is 43.7 Å². The second-order valence-electron chi connectivity index (χ2n) is 6.38. The van der Waals surface area contributed by atoms with Crippen molar-refractivity contribution in [1.82, 2.24) is 4.90 Å². The molecule has 2 fully saturated rings. The van der Waals surface area contributed by atoms with Gasteiger partial charge in [-0.1, -0.05) is 11.6 Å². The smallest absolute Gasteiger partial charge is 0.126 e. The molecular formula is C16H20ClNO2. The quantitative estimate of drug-likeness (QED) is 0.909. The third-order valence-corrected chi connectivity index (χ3v) is 5.36. The van der Waals surface area contributed by atoms with E-state index in [2.05, 4.69) is 4.90 Å². The molecule has 3 aliphatic rings. The lowest BCUT2D eigenvalue weighted by molar-refractivity contribution is 0.0136. The van der Waals surface area contributed by atoms with Crippen LogP contribution >= 0.6 is 11.6 Å². The van der Waals surface area contributed by atoms with E-state index >= 15 is 0 Å². The first kappa shape index (κ1) is 12.9. The number of nitrogens with zero attached hydrogens (tertiary/aromatic N) is 1. The van der Waals surface area contributed by atoms with Gasteiger partial charge in [-0.15, -0.1) is 0 Å². The first-order chi connectivity index (χ1) is 9.66. The van der Waals surface area contributed by atoms with Crippen molar-refractivity contribution in [1.29, 1.82) is 0 Å². The molecular weight excluding hydrogens is 274 g/mol. The number of halogens is 1. The summed E-state index contributed by atoms with van der Waals surface area (Å²) in [6.45, 7) is 2.89. The predicted octanol–water partition coefficient (Wildman–Crippen LogP) is 2.42. The first-order valence-corrected chi connectivity index (χ1v) is 7.94. The fourth-order valence-corrected chi connectivity index (χ4v) is 4.48. The molecule has 0 amide bonds. The molecule has 3 aliphatic heterocycles. The lowest BCUT2D eigenvalue weighted by atomic mass is 9.85. The van der Waals surface area contributed by atoms with Crippen molar-refractivity contribution < 1.29 is 9.84 Å². The van der Waals surface area contributed by atoms with Crippen LogP contribution in [0.15, 0.2) is 12.1 Å². The molecule has 4 rings (SSSR count). The van der Waals surface area contributed by atoms with E-state index in [0.29, 0.717) is 12.5 Å². The van der Waals surface area contributed by atoms with Crippen LogP contribution in [-0.4, -0.2) is 41.3 Å². The number of aliphatic hydroxyl groups is 1. The average molecular weight is 294 g/mol. The summed E-state index contributed by atoms with van der Waals surface area (Å²) in [5.41, 5.74) is 1.67. The standard InChI is InChI=1S/C16H20ClNO2/c17-13-8-11-3-7-20-15(11)12(9-13)10-16(19)4-6-18-5-1-2-14(16)18/h8-9,14,19H,1-7,10H2. The lowest BCUT2D eigenvalue weighted by Gasteiger charge is -2.30. The molecule has 1 aromatic rings. The molecule has 2 unspecified atom stereocenters. The maximum atomic E-state index is 11.1. The molecule has 1 N–H and O–H groups in total. The highest BCUT2D eigenvalue weighted by molar-refractivity contribution is 6.30. The van der Waals surface area contributed by atoms with Crippen LogP contribution in [0.4, 0.5) is 0 Å². The van der Waals surface area contributed by atoms with Crippen molar-refractivity contribution in [3.63, 3.8) is 0 Å². The van der Waals surface area contributed by atoms with Crippen molar-refractivity contribution >= 4 is 11.6 Å². The van der Waals surface area contributed by atoms with E-state index in [0.717, 1.165) is 55.3 Å². The molecule has 0 spiro atoms. The summed E-state index contributed by atoms with van der Waals surface area (Å²) in [6, 6.07) is 4.29. The topological polar surface area (TPSA) is 32.7 Å². The summed E-state index contributed by atoms with van der Waals surface area (Å²) in [6.07, 6.45) is 4.77. The van der Waals surface area contributed by atoms with Gasteiger partial charge in [-0.2, -0.15) is 0 Å². The number of fused-ring (bicyclic) bond motifs is 2. The highest BCUT2D eigenvalue weighted by atomic mass is 35.5. The Hall–Kier alpha value is -0.770. The minimum Gasteiger partial charge on any atom is -0.493 e. The Morgan fingerprint density at radius 2 is 2.30 bits per heavy atom. The van der Waals surface area contributed by atoms with Gasteiger partial charge in [0, 0.05) is 30.5 Å². The number of rotatable bonds is 2. The third-order valence-electron chi connectivity index (χ3n) is 5.14. The summed E-state index contributed by atoms with van der Waals surface area (Å²) in [7, 11) is 0. The van der Waals surface area contributed by atoms with E-state index in [1.807, 2.05) is 12.1 Å². The zero-order valence-electron chi connectivity index (χ0n) is 11.6. The Bertz CT molecular complexity index is 548. The van der Waals surface area contributed by atoms with Crippen molar-refractivity contribution in [3.8, 4) is 5.75 Å². The van der Waals surface area contributed by atoms with Crippen LogP contribution in [-0.2, 0) is 12.8 Å². The van der Waals surface area contributed by atoms with Gasteiger partial charge in [-0.05, 0) is 49.1 Å². The zero-order valence-corrected chi connectivity index (χ0v) is 12.3. The van der Waals surface area contributed by atoms with E-state index < -0.39 is 5.60 Å². The van der Waals surface area contributed by atoms with E-state index in [9.17, 15) is 5.11 Å².